The van der Waals surface area contributed by atoms with Crippen molar-refractivity contribution in [3.05, 3.63) is 69.7 Å². The van der Waals surface area contributed by atoms with Gasteiger partial charge in [-0.05, 0) is 48.9 Å². The summed E-state index contributed by atoms with van der Waals surface area (Å²) in [6.45, 7) is 1.05. The summed E-state index contributed by atoms with van der Waals surface area (Å²) in [5.74, 6) is -1.89. The second-order valence-corrected chi connectivity index (χ2v) is 10.6. The predicted octanol–water partition coefficient (Wildman–Crippen LogP) is 3.09. The number of hydrogen-bond donors (Lipinski definition) is 3. The van der Waals surface area contributed by atoms with E-state index in [0.717, 1.165) is 12.8 Å². The van der Waals surface area contributed by atoms with E-state index < -0.39 is 30.4 Å². The van der Waals surface area contributed by atoms with Crippen LogP contribution in [0.15, 0.2) is 48.5 Å². The van der Waals surface area contributed by atoms with Gasteiger partial charge < -0.3 is 21.1 Å². The number of nitrogens with zero attached hydrogens (tertiary/aromatic N) is 2. The number of carbonyl (C=O) groups is 3. The van der Waals surface area contributed by atoms with Gasteiger partial charge in [0.25, 0.3) is 0 Å². The van der Waals surface area contributed by atoms with Crippen LogP contribution in [0.2, 0.25) is 10.0 Å². The van der Waals surface area contributed by atoms with Gasteiger partial charge in [-0.3, -0.25) is 19.3 Å². The highest BCUT2D eigenvalue weighted by atomic mass is 35.5. The minimum Gasteiger partial charge on any atom is -0.481 e. The van der Waals surface area contributed by atoms with E-state index in [1.54, 1.807) is 18.2 Å². The number of nitrogens with two attached hydrogens (primary N) is 1. The number of nitrogens with one attached hydrogen (secondary N) is 1. The first-order valence-electron chi connectivity index (χ1n) is 12.5. The lowest BCUT2D eigenvalue weighted by molar-refractivity contribution is -0.147. The SMILES string of the molecule is N[C@@H]1C[C@H]2C(=O)N([C@H](CC(=O)O)C(=O)NCc3ccc(Cl)c(Cl)c3)CCC(CCc3ccccc3)N2C1. The fourth-order valence-corrected chi connectivity index (χ4v) is 5.68. The largest absolute Gasteiger partial charge is 0.481 e. The highest BCUT2D eigenvalue weighted by molar-refractivity contribution is 6.42. The van der Waals surface area contributed by atoms with Gasteiger partial charge in [0.15, 0.2) is 0 Å². The molecule has 0 bridgehead atoms. The molecule has 10 heteroatoms. The molecule has 0 radical (unpaired) electrons. The number of hydrogen-bond acceptors (Lipinski definition) is 5. The number of halogens is 2. The second kappa shape index (κ2) is 12.3. The van der Waals surface area contributed by atoms with Gasteiger partial charge in [0.1, 0.15) is 6.04 Å². The summed E-state index contributed by atoms with van der Waals surface area (Å²) in [6.07, 6.45) is 2.36. The summed E-state index contributed by atoms with van der Waals surface area (Å²) in [6, 6.07) is 13.6. The molecule has 4 N–H and O–H groups in total. The fraction of sp³-hybridized carbons (Fsp3) is 0.444. The Balaban J connectivity index is 1.50. The highest BCUT2D eigenvalue weighted by Crippen LogP contribution is 2.30. The maximum Gasteiger partial charge on any atom is 0.305 e. The maximum atomic E-state index is 13.7. The van der Waals surface area contributed by atoms with Crippen molar-refractivity contribution in [1.29, 1.82) is 0 Å². The molecule has 0 saturated carbocycles. The van der Waals surface area contributed by atoms with E-state index in [2.05, 4.69) is 22.3 Å². The van der Waals surface area contributed by atoms with Crippen molar-refractivity contribution in [3.63, 3.8) is 0 Å². The van der Waals surface area contributed by atoms with E-state index in [-0.39, 0.29) is 24.5 Å². The molecule has 1 unspecified atom stereocenters. The number of amides is 2. The van der Waals surface area contributed by atoms with Crippen LogP contribution in [0, 0.1) is 0 Å². The molecule has 2 aromatic carbocycles. The Kier molecular flexibility index (Phi) is 9.08. The van der Waals surface area contributed by atoms with E-state index in [4.69, 9.17) is 28.9 Å². The van der Waals surface area contributed by atoms with E-state index in [1.807, 2.05) is 18.2 Å². The number of aryl methyl sites for hydroxylation is 1. The molecule has 2 amide bonds. The number of carboxylic acid groups (broad SMARTS) is 1. The monoisotopic (exact) mass is 546 g/mol. The van der Waals surface area contributed by atoms with Crippen molar-refractivity contribution in [2.75, 3.05) is 13.1 Å². The van der Waals surface area contributed by atoms with Gasteiger partial charge in [0.2, 0.25) is 11.8 Å². The van der Waals surface area contributed by atoms with Gasteiger partial charge in [0, 0.05) is 31.7 Å². The molecule has 2 aliphatic rings. The quantitative estimate of drug-likeness (QED) is 0.445. The lowest BCUT2D eigenvalue weighted by Gasteiger charge is -2.31. The second-order valence-electron chi connectivity index (χ2n) is 9.79. The lowest BCUT2D eigenvalue weighted by Crippen LogP contribution is -2.53. The van der Waals surface area contributed by atoms with Crippen molar-refractivity contribution < 1.29 is 19.5 Å². The molecule has 0 aliphatic carbocycles. The van der Waals surface area contributed by atoms with E-state index >= 15 is 0 Å². The van der Waals surface area contributed by atoms with Crippen molar-refractivity contribution >= 4 is 41.0 Å². The first kappa shape index (κ1) is 27.4. The average molecular weight is 547 g/mol. The van der Waals surface area contributed by atoms with Crippen LogP contribution in [0.3, 0.4) is 0 Å². The Labute approximate surface area is 226 Å². The Hall–Kier alpha value is -2.65. The summed E-state index contributed by atoms with van der Waals surface area (Å²) in [7, 11) is 0. The minimum absolute atomic E-state index is 0.109. The molecule has 2 saturated heterocycles. The summed E-state index contributed by atoms with van der Waals surface area (Å²) >= 11 is 12.0. The van der Waals surface area contributed by atoms with Crippen LogP contribution in [0.5, 0.6) is 0 Å². The zero-order valence-electron chi connectivity index (χ0n) is 20.5. The Bertz CT molecular complexity index is 1130. The Morgan fingerprint density at radius 3 is 2.57 bits per heavy atom. The van der Waals surface area contributed by atoms with Crippen LogP contribution >= 0.6 is 23.2 Å². The third kappa shape index (κ3) is 6.82. The summed E-state index contributed by atoms with van der Waals surface area (Å²) < 4.78 is 0. The van der Waals surface area contributed by atoms with E-state index in [9.17, 15) is 19.5 Å². The van der Waals surface area contributed by atoms with Gasteiger partial charge in [0.05, 0.1) is 22.5 Å². The third-order valence-corrected chi connectivity index (χ3v) is 7.96. The van der Waals surface area contributed by atoms with Crippen molar-refractivity contribution in [3.8, 4) is 0 Å². The molecule has 2 heterocycles. The minimum atomic E-state index is -1.15. The van der Waals surface area contributed by atoms with Gasteiger partial charge in [-0.15, -0.1) is 0 Å². The fourth-order valence-electron chi connectivity index (χ4n) is 5.36. The molecular formula is C27H32Cl2N4O4. The number of carboxylic acids is 1. The molecule has 8 nitrogen and oxygen atoms in total. The smallest absolute Gasteiger partial charge is 0.305 e. The third-order valence-electron chi connectivity index (χ3n) is 7.22. The predicted molar refractivity (Wildman–Crippen MR) is 142 cm³/mol. The molecule has 0 aromatic heterocycles. The molecule has 0 spiro atoms. The molecular weight excluding hydrogens is 515 g/mol. The van der Waals surface area contributed by atoms with E-state index in [0.29, 0.717) is 41.5 Å². The molecule has 2 aromatic rings. The zero-order chi connectivity index (χ0) is 26.5. The van der Waals surface area contributed by atoms with Crippen LogP contribution in [0.25, 0.3) is 0 Å². The molecule has 4 rings (SSSR count). The summed E-state index contributed by atoms with van der Waals surface area (Å²) in [4.78, 5) is 42.3. The first-order valence-corrected chi connectivity index (χ1v) is 13.3. The Morgan fingerprint density at radius 1 is 1.11 bits per heavy atom. The number of aliphatic carboxylic acids is 1. The molecule has 198 valence electrons. The van der Waals surface area contributed by atoms with Gasteiger partial charge in [-0.1, -0.05) is 59.6 Å². The zero-order valence-corrected chi connectivity index (χ0v) is 22.0. The number of rotatable bonds is 9. The van der Waals surface area contributed by atoms with Crippen LogP contribution in [-0.2, 0) is 27.3 Å². The normalized spacial score (nSPS) is 22.8. The Morgan fingerprint density at radius 2 is 1.86 bits per heavy atom. The number of carbonyl (C=O) groups excluding carboxylic acids is 2. The van der Waals surface area contributed by atoms with Crippen LogP contribution in [-0.4, -0.2) is 69.9 Å². The van der Waals surface area contributed by atoms with Crippen LogP contribution in [0.4, 0.5) is 0 Å². The van der Waals surface area contributed by atoms with E-state index in [1.165, 1.54) is 10.5 Å². The van der Waals surface area contributed by atoms with Crippen molar-refractivity contribution in [1.82, 2.24) is 15.1 Å². The average Bonchev–Trinajstić information content (AvgIpc) is 3.22. The summed E-state index contributed by atoms with van der Waals surface area (Å²) in [5, 5.41) is 13.1. The van der Waals surface area contributed by atoms with Gasteiger partial charge >= 0.3 is 5.97 Å². The molecule has 2 aliphatic heterocycles. The standard InChI is InChI=1S/C27H32Cl2N4O4/c28-21-9-7-18(12-22(21)29)15-31-26(36)23(14-25(34)35)32-11-10-20(8-6-17-4-2-1-3-5-17)33-16-19(30)13-24(33)27(32)37/h1-5,7,9,12,19-20,23-24H,6,8,10-11,13-16,30H2,(H,31,36)(H,34,35)/t19-,20?,23-,24+/m1/s1. The van der Waals surface area contributed by atoms with Crippen molar-refractivity contribution in [2.45, 2.75) is 62.8 Å². The maximum absolute atomic E-state index is 13.7. The van der Waals surface area contributed by atoms with Crippen LogP contribution in [0.1, 0.15) is 36.8 Å². The van der Waals surface area contributed by atoms with Gasteiger partial charge in [-0.2, -0.15) is 0 Å². The molecule has 4 atom stereocenters. The van der Waals surface area contributed by atoms with Gasteiger partial charge in [-0.25, -0.2) is 0 Å². The summed E-state index contributed by atoms with van der Waals surface area (Å²) in [5.41, 5.74) is 8.21. The molecule has 37 heavy (non-hydrogen) atoms. The highest BCUT2D eigenvalue weighted by Gasteiger charge is 2.46. The molecule has 2 fully saturated rings. The van der Waals surface area contributed by atoms with Crippen LogP contribution < -0.4 is 11.1 Å². The van der Waals surface area contributed by atoms with Crippen molar-refractivity contribution in [2.24, 2.45) is 5.73 Å². The first-order chi connectivity index (χ1) is 17.7. The number of benzene rings is 2. The lowest BCUT2D eigenvalue weighted by atomic mass is 10.0. The topological polar surface area (TPSA) is 116 Å². The number of fused-ring (bicyclic) bond motifs is 1.